The Hall–Kier alpha value is -0.470. The molecule has 0 radical (unpaired) electrons. The van der Waals surface area contributed by atoms with E-state index in [0.717, 1.165) is 24.1 Å². The number of aryl methyl sites for hydroxylation is 1. The van der Waals surface area contributed by atoms with Crippen LogP contribution in [0.25, 0.3) is 0 Å². The first-order valence-electron chi connectivity index (χ1n) is 7.07. The number of nitrogens with zero attached hydrogens (tertiary/aromatic N) is 1. The average molecular weight is 317 g/mol. The van der Waals surface area contributed by atoms with Crippen LogP contribution < -0.4 is 10.5 Å². The Kier molecular flexibility index (Phi) is 5.57. The second-order valence-corrected chi connectivity index (χ2v) is 8.16. The van der Waals surface area contributed by atoms with Crippen molar-refractivity contribution in [2.75, 3.05) is 19.6 Å². The van der Waals surface area contributed by atoms with E-state index in [9.17, 15) is 8.42 Å². The van der Waals surface area contributed by atoms with Crippen molar-refractivity contribution in [1.29, 1.82) is 0 Å². The first-order chi connectivity index (χ1) is 9.55. The number of hydrogen-bond acceptors (Lipinski definition) is 4. The second-order valence-electron chi connectivity index (χ2n) is 5.15. The maximum absolute atomic E-state index is 12.3. The molecule has 1 aliphatic rings. The van der Waals surface area contributed by atoms with Gasteiger partial charge in [0.1, 0.15) is 0 Å². The Bertz CT molecular complexity index is 527. The number of rotatable bonds is 6. The van der Waals surface area contributed by atoms with Crippen LogP contribution >= 0.6 is 11.3 Å². The van der Waals surface area contributed by atoms with Gasteiger partial charge in [0.15, 0.2) is 0 Å². The summed E-state index contributed by atoms with van der Waals surface area (Å²) in [6.45, 7) is 4.15. The van der Waals surface area contributed by atoms with Crippen molar-refractivity contribution in [2.45, 2.75) is 32.7 Å². The molecule has 1 unspecified atom stereocenters. The smallest absolute Gasteiger partial charge is 0.279 e. The van der Waals surface area contributed by atoms with Gasteiger partial charge in [-0.1, -0.05) is 6.92 Å². The maximum atomic E-state index is 12.3. The quantitative estimate of drug-likeness (QED) is 0.831. The third-order valence-electron chi connectivity index (χ3n) is 3.65. The first kappa shape index (κ1) is 15.9. The van der Waals surface area contributed by atoms with E-state index in [1.807, 2.05) is 6.07 Å². The van der Waals surface area contributed by atoms with Crippen molar-refractivity contribution in [2.24, 2.45) is 11.7 Å². The summed E-state index contributed by atoms with van der Waals surface area (Å²) < 4.78 is 28.8. The molecule has 0 saturated carbocycles. The molecule has 1 atom stereocenters. The number of nitrogens with two attached hydrogens (primary N) is 1. The van der Waals surface area contributed by atoms with E-state index in [4.69, 9.17) is 5.73 Å². The molecule has 2 heterocycles. The zero-order valence-electron chi connectivity index (χ0n) is 11.8. The molecule has 3 N–H and O–H groups in total. The lowest BCUT2D eigenvalue weighted by molar-refractivity contribution is 0.268. The van der Waals surface area contributed by atoms with Gasteiger partial charge in [-0.15, -0.1) is 11.3 Å². The molecule has 0 bridgehead atoms. The molecule has 1 saturated heterocycles. The van der Waals surface area contributed by atoms with Gasteiger partial charge in [0.05, 0.1) is 0 Å². The molecule has 1 aromatic heterocycles. The van der Waals surface area contributed by atoms with Crippen molar-refractivity contribution in [3.05, 3.63) is 21.9 Å². The summed E-state index contributed by atoms with van der Waals surface area (Å²) in [6.07, 6.45) is 2.90. The Morgan fingerprint density at radius 2 is 2.20 bits per heavy atom. The number of thiophene rings is 1. The molecule has 1 fully saturated rings. The molecular formula is C13H23N3O2S2. The van der Waals surface area contributed by atoms with Crippen LogP contribution in [0, 0.1) is 5.92 Å². The molecule has 20 heavy (non-hydrogen) atoms. The van der Waals surface area contributed by atoms with Gasteiger partial charge in [0, 0.05) is 29.4 Å². The summed E-state index contributed by atoms with van der Waals surface area (Å²) in [6, 6.07) is 4.05. The van der Waals surface area contributed by atoms with Crippen LogP contribution in [0.5, 0.6) is 0 Å². The van der Waals surface area contributed by atoms with Crippen LogP contribution in [0.2, 0.25) is 0 Å². The van der Waals surface area contributed by atoms with Gasteiger partial charge < -0.3 is 5.73 Å². The number of hydrogen-bond donors (Lipinski definition) is 2. The molecular weight excluding hydrogens is 294 g/mol. The molecule has 2 rings (SSSR count). The Morgan fingerprint density at radius 1 is 1.45 bits per heavy atom. The highest BCUT2D eigenvalue weighted by Gasteiger charge is 2.27. The zero-order valence-corrected chi connectivity index (χ0v) is 13.5. The standard InChI is InChI=1S/C13H23N3O2S2/c1-2-12-5-6-13(19-12)9-15-20(17,18)16-7-3-4-11(8-14)10-16/h5-6,11,15H,2-4,7-10,14H2,1H3. The van der Waals surface area contributed by atoms with Crippen molar-refractivity contribution in [1.82, 2.24) is 9.03 Å². The van der Waals surface area contributed by atoms with E-state index in [2.05, 4.69) is 17.7 Å². The minimum absolute atomic E-state index is 0.286. The highest BCUT2D eigenvalue weighted by Crippen LogP contribution is 2.19. The minimum Gasteiger partial charge on any atom is -0.330 e. The van der Waals surface area contributed by atoms with Crippen molar-refractivity contribution < 1.29 is 8.42 Å². The summed E-state index contributed by atoms with van der Waals surface area (Å²) in [4.78, 5) is 2.33. The predicted molar refractivity (Wildman–Crippen MR) is 82.8 cm³/mol. The highest BCUT2D eigenvalue weighted by molar-refractivity contribution is 7.87. The lowest BCUT2D eigenvalue weighted by atomic mass is 10.0. The highest BCUT2D eigenvalue weighted by atomic mass is 32.2. The van der Waals surface area contributed by atoms with Gasteiger partial charge in [0.2, 0.25) is 0 Å². The van der Waals surface area contributed by atoms with E-state index >= 15 is 0 Å². The van der Waals surface area contributed by atoms with Crippen LogP contribution in [0.4, 0.5) is 0 Å². The van der Waals surface area contributed by atoms with E-state index in [-0.39, 0.29) is 5.92 Å². The van der Waals surface area contributed by atoms with Crippen molar-refractivity contribution in [3.63, 3.8) is 0 Å². The van der Waals surface area contributed by atoms with Gasteiger partial charge in [-0.05, 0) is 43.9 Å². The molecule has 0 amide bonds. The lowest BCUT2D eigenvalue weighted by Gasteiger charge is -2.31. The van der Waals surface area contributed by atoms with Gasteiger partial charge in [-0.25, -0.2) is 0 Å². The fraction of sp³-hybridized carbons (Fsp3) is 0.692. The second kappa shape index (κ2) is 7.00. The molecule has 1 aromatic rings. The molecule has 114 valence electrons. The third-order valence-corrected chi connectivity index (χ3v) is 6.40. The summed E-state index contributed by atoms with van der Waals surface area (Å²) >= 11 is 1.66. The zero-order chi connectivity index (χ0) is 14.6. The summed E-state index contributed by atoms with van der Waals surface area (Å²) in [7, 11) is -3.39. The monoisotopic (exact) mass is 317 g/mol. The van der Waals surface area contributed by atoms with Crippen LogP contribution in [0.15, 0.2) is 12.1 Å². The van der Waals surface area contributed by atoms with Gasteiger partial charge >= 0.3 is 0 Å². The molecule has 1 aliphatic heterocycles. The van der Waals surface area contributed by atoms with Crippen LogP contribution in [-0.2, 0) is 23.2 Å². The SMILES string of the molecule is CCc1ccc(CNS(=O)(=O)N2CCCC(CN)C2)s1. The first-order valence-corrected chi connectivity index (χ1v) is 9.33. The largest absolute Gasteiger partial charge is 0.330 e. The van der Waals surface area contributed by atoms with Crippen molar-refractivity contribution >= 4 is 21.5 Å². The normalized spacial score (nSPS) is 21.2. The van der Waals surface area contributed by atoms with E-state index < -0.39 is 10.2 Å². The molecule has 5 nitrogen and oxygen atoms in total. The Morgan fingerprint density at radius 3 is 2.85 bits per heavy atom. The molecule has 7 heteroatoms. The van der Waals surface area contributed by atoms with Crippen LogP contribution in [0.1, 0.15) is 29.5 Å². The van der Waals surface area contributed by atoms with Crippen LogP contribution in [0.3, 0.4) is 0 Å². The van der Waals surface area contributed by atoms with Gasteiger partial charge in [0.25, 0.3) is 10.2 Å². The van der Waals surface area contributed by atoms with E-state index in [1.165, 1.54) is 9.18 Å². The topological polar surface area (TPSA) is 75.4 Å². The van der Waals surface area contributed by atoms with Crippen molar-refractivity contribution in [3.8, 4) is 0 Å². The molecule has 0 spiro atoms. The number of nitrogens with one attached hydrogen (secondary N) is 1. The Balaban J connectivity index is 1.93. The lowest BCUT2D eigenvalue weighted by Crippen LogP contribution is -2.46. The summed E-state index contributed by atoms with van der Waals surface area (Å²) in [5.41, 5.74) is 5.65. The van der Waals surface area contributed by atoms with E-state index in [1.54, 1.807) is 11.3 Å². The minimum atomic E-state index is -3.39. The molecule has 0 aliphatic carbocycles. The third kappa shape index (κ3) is 4.02. The number of piperidine rings is 1. The fourth-order valence-electron chi connectivity index (χ4n) is 2.40. The predicted octanol–water partition coefficient (Wildman–Crippen LogP) is 1.32. The maximum Gasteiger partial charge on any atom is 0.279 e. The van der Waals surface area contributed by atoms with E-state index in [0.29, 0.717) is 26.2 Å². The average Bonchev–Trinajstić information content (AvgIpc) is 2.93. The Labute approximate surface area is 125 Å². The summed E-state index contributed by atoms with van der Waals surface area (Å²) in [5, 5.41) is 0. The van der Waals surface area contributed by atoms with Crippen LogP contribution in [-0.4, -0.2) is 32.4 Å². The fourth-order valence-corrected chi connectivity index (χ4v) is 4.68. The van der Waals surface area contributed by atoms with Gasteiger partial charge in [-0.2, -0.15) is 17.4 Å². The summed E-state index contributed by atoms with van der Waals surface area (Å²) in [5.74, 6) is 0.286. The van der Waals surface area contributed by atoms with Gasteiger partial charge in [-0.3, -0.25) is 0 Å². The molecule has 0 aromatic carbocycles.